The molecule has 2 bridgehead atoms. The number of piperidine rings is 1. The van der Waals surface area contributed by atoms with Gasteiger partial charge in [-0.05, 0) is 48.4 Å². The van der Waals surface area contributed by atoms with Crippen molar-refractivity contribution in [2.24, 2.45) is 5.92 Å². The summed E-state index contributed by atoms with van der Waals surface area (Å²) in [5, 5.41) is 8.82. The fourth-order valence-electron chi connectivity index (χ4n) is 4.51. The van der Waals surface area contributed by atoms with Crippen LogP contribution in [0.15, 0.2) is 46.1 Å². The highest BCUT2D eigenvalue weighted by molar-refractivity contribution is 7.98. The predicted octanol–water partition coefficient (Wildman–Crippen LogP) is 3.05. The first-order valence-electron chi connectivity index (χ1n) is 9.84. The van der Waals surface area contributed by atoms with Crippen molar-refractivity contribution in [3.8, 4) is 11.1 Å². The number of hydrogen-bond acceptors (Lipinski definition) is 4. The summed E-state index contributed by atoms with van der Waals surface area (Å²) in [7, 11) is 0. The Bertz CT molecular complexity index is 999. The Kier molecular flexibility index (Phi) is 5.50. The number of amides is 1. The largest absolute Gasteiger partial charge is 0.481 e. The van der Waals surface area contributed by atoms with Crippen molar-refractivity contribution in [2.45, 2.75) is 36.6 Å². The van der Waals surface area contributed by atoms with Crippen molar-refractivity contribution >= 4 is 23.6 Å². The van der Waals surface area contributed by atoms with Gasteiger partial charge in [0.05, 0.1) is 6.42 Å². The highest BCUT2D eigenvalue weighted by atomic mass is 32.2. The molecular weight excluding hydrogens is 388 g/mol. The molecular formula is C22H24N2O4S. The fourth-order valence-corrected chi connectivity index (χ4v) is 4.92. The molecule has 0 saturated carbocycles. The molecule has 1 N–H and O–H groups in total. The van der Waals surface area contributed by atoms with E-state index in [1.165, 1.54) is 0 Å². The maximum atomic E-state index is 13.2. The molecule has 3 heterocycles. The third kappa shape index (κ3) is 3.96. The van der Waals surface area contributed by atoms with Crippen LogP contribution >= 0.6 is 11.8 Å². The number of nitrogens with zero attached hydrogens (tertiary/aromatic N) is 2. The lowest BCUT2D eigenvalue weighted by molar-refractivity contribution is -0.141. The molecule has 0 radical (unpaired) electrons. The van der Waals surface area contributed by atoms with Crippen LogP contribution in [-0.4, -0.2) is 45.8 Å². The minimum Gasteiger partial charge on any atom is -0.481 e. The first-order valence-corrected chi connectivity index (χ1v) is 11.1. The van der Waals surface area contributed by atoms with Gasteiger partial charge < -0.3 is 14.6 Å². The van der Waals surface area contributed by atoms with E-state index in [2.05, 4.69) is 0 Å². The quantitative estimate of drug-likeness (QED) is 0.764. The Morgan fingerprint density at radius 1 is 1.07 bits per heavy atom. The number of aliphatic carboxylic acids is 1. The van der Waals surface area contributed by atoms with Gasteiger partial charge in [0.25, 0.3) is 5.56 Å². The number of rotatable bonds is 5. The number of carboxylic acids is 1. The monoisotopic (exact) mass is 412 g/mol. The topological polar surface area (TPSA) is 79.6 Å². The standard InChI is InChI=1S/C22H24N2O4S/c1-29-17-4-2-15(3-5-17)18-6-7-19-16-10-14(12-24(19)22(18)28)11-23(13-16)20(25)8-9-21(26)27/h2-7,14,16H,8-13H2,1H3,(H,26,27). The molecule has 2 aliphatic rings. The molecule has 0 aliphatic carbocycles. The number of benzene rings is 1. The van der Waals surface area contributed by atoms with Crippen LogP contribution in [0.1, 0.15) is 30.9 Å². The van der Waals surface area contributed by atoms with Gasteiger partial charge in [0, 0.05) is 48.1 Å². The van der Waals surface area contributed by atoms with E-state index < -0.39 is 5.97 Å². The molecule has 0 spiro atoms. The van der Waals surface area contributed by atoms with Crippen LogP contribution in [0, 0.1) is 5.92 Å². The zero-order valence-electron chi connectivity index (χ0n) is 16.3. The Hall–Kier alpha value is -2.54. The van der Waals surface area contributed by atoms with Crippen molar-refractivity contribution in [1.82, 2.24) is 9.47 Å². The molecule has 1 fully saturated rings. The summed E-state index contributed by atoms with van der Waals surface area (Å²) in [5.74, 6) is -0.715. The zero-order chi connectivity index (χ0) is 20.5. The molecule has 29 heavy (non-hydrogen) atoms. The summed E-state index contributed by atoms with van der Waals surface area (Å²) in [6, 6.07) is 11.9. The molecule has 4 rings (SSSR count). The predicted molar refractivity (Wildman–Crippen MR) is 112 cm³/mol. The van der Waals surface area contributed by atoms with E-state index in [0.717, 1.165) is 22.6 Å². The third-order valence-corrected chi connectivity index (χ3v) is 6.65. The number of likely N-dealkylation sites (tertiary alicyclic amines) is 1. The van der Waals surface area contributed by atoms with Gasteiger partial charge in [-0.15, -0.1) is 11.8 Å². The van der Waals surface area contributed by atoms with Gasteiger partial charge in [0.15, 0.2) is 0 Å². The van der Waals surface area contributed by atoms with Crippen molar-refractivity contribution in [1.29, 1.82) is 0 Å². The van der Waals surface area contributed by atoms with Crippen molar-refractivity contribution in [2.75, 3.05) is 19.3 Å². The summed E-state index contributed by atoms with van der Waals surface area (Å²) in [4.78, 5) is 39.3. The van der Waals surface area contributed by atoms with E-state index in [-0.39, 0.29) is 36.1 Å². The lowest BCUT2D eigenvalue weighted by Gasteiger charge is -2.43. The fraction of sp³-hybridized carbons (Fsp3) is 0.409. The van der Waals surface area contributed by atoms with Crippen LogP contribution in [-0.2, 0) is 16.1 Å². The van der Waals surface area contributed by atoms with Gasteiger partial charge in [0.1, 0.15) is 0 Å². The van der Waals surface area contributed by atoms with Gasteiger partial charge in [0.2, 0.25) is 5.91 Å². The lowest BCUT2D eigenvalue weighted by Crippen LogP contribution is -2.49. The van der Waals surface area contributed by atoms with E-state index in [0.29, 0.717) is 25.2 Å². The Labute approximate surface area is 173 Å². The molecule has 1 aromatic heterocycles. The SMILES string of the molecule is CSc1ccc(-c2ccc3n(c2=O)CC2CC3CN(C(=O)CCC(=O)O)C2)cc1. The summed E-state index contributed by atoms with van der Waals surface area (Å²) < 4.78 is 1.88. The summed E-state index contributed by atoms with van der Waals surface area (Å²) in [6.45, 7) is 1.74. The third-order valence-electron chi connectivity index (χ3n) is 5.91. The first-order chi connectivity index (χ1) is 14.0. The second kappa shape index (κ2) is 8.06. The Morgan fingerprint density at radius 3 is 2.52 bits per heavy atom. The van der Waals surface area contributed by atoms with E-state index in [1.54, 1.807) is 16.7 Å². The van der Waals surface area contributed by atoms with Crippen LogP contribution in [0.2, 0.25) is 0 Å². The molecule has 1 aromatic carbocycles. The van der Waals surface area contributed by atoms with Gasteiger partial charge in [-0.25, -0.2) is 0 Å². The molecule has 152 valence electrons. The zero-order valence-corrected chi connectivity index (χ0v) is 17.2. The number of fused-ring (bicyclic) bond motifs is 4. The average Bonchev–Trinajstić information content (AvgIpc) is 2.72. The number of pyridine rings is 1. The highest BCUT2D eigenvalue weighted by Gasteiger charge is 2.36. The minimum atomic E-state index is -0.953. The van der Waals surface area contributed by atoms with Gasteiger partial charge in [-0.2, -0.15) is 0 Å². The van der Waals surface area contributed by atoms with Gasteiger partial charge in [-0.3, -0.25) is 14.4 Å². The molecule has 1 amide bonds. The molecule has 6 nitrogen and oxygen atoms in total. The van der Waals surface area contributed by atoms with Crippen LogP contribution in [0.25, 0.3) is 11.1 Å². The summed E-state index contributed by atoms with van der Waals surface area (Å²) in [6.07, 6.45) is 2.88. The summed E-state index contributed by atoms with van der Waals surface area (Å²) in [5.41, 5.74) is 2.63. The normalized spacial score (nSPS) is 20.2. The van der Waals surface area contributed by atoms with E-state index >= 15 is 0 Å². The maximum Gasteiger partial charge on any atom is 0.303 e. The van der Waals surface area contributed by atoms with Crippen LogP contribution in [0.5, 0.6) is 0 Å². The molecule has 1 saturated heterocycles. The lowest BCUT2D eigenvalue weighted by atomic mass is 9.82. The second-order valence-electron chi connectivity index (χ2n) is 7.81. The highest BCUT2D eigenvalue weighted by Crippen LogP contribution is 2.36. The molecule has 2 atom stereocenters. The summed E-state index contributed by atoms with van der Waals surface area (Å²) >= 11 is 1.67. The van der Waals surface area contributed by atoms with E-state index in [9.17, 15) is 14.4 Å². The average molecular weight is 413 g/mol. The minimum absolute atomic E-state index is 0.0276. The molecule has 2 aromatic rings. The smallest absolute Gasteiger partial charge is 0.303 e. The van der Waals surface area contributed by atoms with Crippen LogP contribution in [0.4, 0.5) is 0 Å². The number of aromatic nitrogens is 1. The number of carboxylic acid groups (broad SMARTS) is 1. The van der Waals surface area contributed by atoms with Crippen molar-refractivity contribution in [3.05, 3.63) is 52.4 Å². The van der Waals surface area contributed by atoms with Crippen LogP contribution in [0.3, 0.4) is 0 Å². The molecule has 7 heteroatoms. The van der Waals surface area contributed by atoms with Gasteiger partial charge in [-0.1, -0.05) is 12.1 Å². The second-order valence-corrected chi connectivity index (χ2v) is 8.69. The maximum absolute atomic E-state index is 13.2. The van der Waals surface area contributed by atoms with Crippen molar-refractivity contribution < 1.29 is 14.7 Å². The van der Waals surface area contributed by atoms with Crippen molar-refractivity contribution in [3.63, 3.8) is 0 Å². The van der Waals surface area contributed by atoms with Gasteiger partial charge >= 0.3 is 5.97 Å². The van der Waals surface area contributed by atoms with E-state index in [4.69, 9.17) is 5.11 Å². The first kappa shape index (κ1) is 19.8. The molecule has 2 aliphatic heterocycles. The number of thioether (sulfide) groups is 1. The Morgan fingerprint density at radius 2 is 1.83 bits per heavy atom. The molecule has 2 unspecified atom stereocenters. The number of hydrogen-bond donors (Lipinski definition) is 1. The number of carbonyl (C=O) groups is 2. The van der Waals surface area contributed by atoms with E-state index in [1.807, 2.05) is 47.2 Å². The Balaban J connectivity index is 1.59. The number of carbonyl (C=O) groups excluding carboxylic acids is 1. The van der Waals surface area contributed by atoms with Crippen LogP contribution < -0.4 is 5.56 Å².